The number of fused-ring (bicyclic) bond motifs is 2. The second kappa shape index (κ2) is 11.2. The van der Waals surface area contributed by atoms with Gasteiger partial charge >= 0.3 is 0 Å². The number of ether oxygens (including phenoxy) is 2. The number of aliphatic hydroxyl groups excluding tert-OH is 1. The van der Waals surface area contributed by atoms with Crippen LogP contribution in [0.4, 0.5) is 15.5 Å². The van der Waals surface area contributed by atoms with E-state index in [1.807, 2.05) is 49.4 Å². The number of rotatable bonds is 8. The molecule has 10 heteroatoms. The summed E-state index contributed by atoms with van der Waals surface area (Å²) >= 11 is 0. The number of carbonyl (C=O) groups excluding carboxylic acids is 2. The van der Waals surface area contributed by atoms with Crippen LogP contribution in [0.5, 0.6) is 5.75 Å². The van der Waals surface area contributed by atoms with Crippen molar-refractivity contribution < 1.29 is 28.3 Å². The lowest BCUT2D eigenvalue weighted by Gasteiger charge is -2.31. The maximum Gasteiger partial charge on any atom is 0.264 e. The van der Waals surface area contributed by atoms with Crippen LogP contribution >= 0.6 is 0 Å². The van der Waals surface area contributed by atoms with E-state index in [9.17, 15) is 14.7 Å². The Morgan fingerprint density at radius 3 is 2.77 bits per heavy atom. The molecular weight excluding hydrogens is 529 g/mol. The van der Waals surface area contributed by atoms with Gasteiger partial charge in [0.05, 0.1) is 31.4 Å². The first-order valence-electron chi connectivity index (χ1n) is 14.2. The molecule has 8 nitrogen and oxygen atoms in total. The summed E-state index contributed by atoms with van der Waals surface area (Å²) in [6.07, 6.45) is 1.53. The van der Waals surface area contributed by atoms with Crippen molar-refractivity contribution in [3.05, 3.63) is 53.6 Å². The zero-order valence-electron chi connectivity index (χ0n) is 23.7. The standard InChI is InChI=1S/C30H40FN3O5Si/c1-19-27(40(3,4)31)26(12-14-35)39-30(19)24-16-23(38-2)10-11-25(24)34(29(30)37)18-20-7-5-9-22(15-20)33-28(36)21-8-6-13-32-17-21/h5,7,9-11,15-16,19,21,26-27,32,35H,6,8,12-14,17-18H2,1-4H3,(H,33,36)/t19-,21?,26+,27-,30+/m0/s1. The summed E-state index contributed by atoms with van der Waals surface area (Å²) < 4.78 is 27.8. The number of anilines is 2. The SMILES string of the molecule is COc1ccc2c(c1)[C@@]1(O[C@H](CCO)[C@@H]([Si](C)(C)F)[C@@H]1C)C(=O)N2Cc1cccc(NC(=O)C2CCCNC2)c1. The van der Waals surface area contributed by atoms with E-state index in [1.54, 1.807) is 25.1 Å². The smallest absolute Gasteiger partial charge is 0.264 e. The van der Waals surface area contributed by atoms with E-state index in [0.29, 0.717) is 29.2 Å². The van der Waals surface area contributed by atoms with Gasteiger partial charge < -0.3 is 34.2 Å². The Morgan fingerprint density at radius 2 is 2.10 bits per heavy atom. The minimum Gasteiger partial charge on any atom is -0.497 e. The number of aliphatic hydroxyl groups is 1. The minimum absolute atomic E-state index is 0.00913. The number of piperidine rings is 1. The van der Waals surface area contributed by atoms with Crippen molar-refractivity contribution in [1.29, 1.82) is 0 Å². The molecule has 2 amide bonds. The molecule has 0 radical (unpaired) electrons. The maximum atomic E-state index is 15.7. The van der Waals surface area contributed by atoms with Crippen molar-refractivity contribution in [2.24, 2.45) is 11.8 Å². The van der Waals surface area contributed by atoms with Crippen molar-refractivity contribution in [1.82, 2.24) is 5.32 Å². The molecule has 1 spiro atoms. The highest BCUT2D eigenvalue weighted by atomic mass is 28.4. The quantitative estimate of drug-likeness (QED) is 0.323. The molecule has 5 atom stereocenters. The van der Waals surface area contributed by atoms with Gasteiger partial charge in [-0.3, -0.25) is 9.59 Å². The molecule has 5 rings (SSSR count). The van der Waals surface area contributed by atoms with Gasteiger partial charge in [-0.25, -0.2) is 0 Å². The molecular formula is C30H40FN3O5Si. The topological polar surface area (TPSA) is 100 Å². The second-order valence-corrected chi connectivity index (χ2v) is 15.6. The third-order valence-electron chi connectivity index (χ3n) is 8.78. The highest BCUT2D eigenvalue weighted by Crippen LogP contribution is 2.60. The zero-order valence-corrected chi connectivity index (χ0v) is 24.7. The summed E-state index contributed by atoms with van der Waals surface area (Å²) in [5, 5.41) is 16.1. The van der Waals surface area contributed by atoms with Gasteiger partial charge in [0, 0.05) is 35.9 Å². The largest absolute Gasteiger partial charge is 0.497 e. The number of nitrogens with one attached hydrogen (secondary N) is 2. The molecule has 2 aromatic carbocycles. The number of hydrogen-bond acceptors (Lipinski definition) is 6. The lowest BCUT2D eigenvalue weighted by Crippen LogP contribution is -2.45. The van der Waals surface area contributed by atoms with Gasteiger partial charge in [-0.05, 0) is 74.8 Å². The molecule has 3 aliphatic heterocycles. The fourth-order valence-electron chi connectivity index (χ4n) is 6.96. The molecule has 0 bridgehead atoms. The monoisotopic (exact) mass is 569 g/mol. The first-order valence-corrected chi connectivity index (χ1v) is 17.1. The lowest BCUT2D eigenvalue weighted by atomic mass is 9.82. The van der Waals surface area contributed by atoms with E-state index in [0.717, 1.165) is 24.9 Å². The number of methoxy groups -OCH3 is 1. The molecule has 2 saturated heterocycles. The average molecular weight is 570 g/mol. The van der Waals surface area contributed by atoms with E-state index in [-0.39, 0.29) is 37.3 Å². The van der Waals surface area contributed by atoms with Crippen LogP contribution in [0, 0.1) is 11.8 Å². The molecule has 0 aliphatic carbocycles. The first-order chi connectivity index (χ1) is 19.1. The van der Waals surface area contributed by atoms with Crippen LogP contribution in [0.2, 0.25) is 18.6 Å². The first kappa shape index (κ1) is 28.7. The molecule has 216 valence electrons. The summed E-state index contributed by atoms with van der Waals surface area (Å²) in [5.41, 5.74) is 1.06. The predicted molar refractivity (Wildman–Crippen MR) is 155 cm³/mol. The summed E-state index contributed by atoms with van der Waals surface area (Å²) in [6, 6.07) is 13.0. The van der Waals surface area contributed by atoms with E-state index in [4.69, 9.17) is 9.47 Å². The number of halogens is 1. The van der Waals surface area contributed by atoms with Gasteiger partial charge in [0.25, 0.3) is 5.91 Å². The van der Waals surface area contributed by atoms with Gasteiger partial charge in [-0.2, -0.15) is 0 Å². The number of hydrogen-bond donors (Lipinski definition) is 3. The van der Waals surface area contributed by atoms with Crippen LogP contribution < -0.4 is 20.3 Å². The molecule has 2 aromatic rings. The van der Waals surface area contributed by atoms with Crippen molar-refractivity contribution >= 4 is 31.6 Å². The van der Waals surface area contributed by atoms with Gasteiger partial charge in [-0.15, -0.1) is 0 Å². The third-order valence-corrected chi connectivity index (χ3v) is 11.2. The van der Waals surface area contributed by atoms with Crippen molar-refractivity contribution in [3.63, 3.8) is 0 Å². The number of nitrogens with zero attached hydrogens (tertiary/aromatic N) is 1. The van der Waals surface area contributed by atoms with Crippen molar-refractivity contribution in [2.45, 2.75) is 63.1 Å². The Morgan fingerprint density at radius 1 is 1.30 bits per heavy atom. The van der Waals surface area contributed by atoms with Crippen LogP contribution in [0.25, 0.3) is 0 Å². The Balaban J connectivity index is 1.47. The Kier molecular flexibility index (Phi) is 8.07. The van der Waals surface area contributed by atoms with Gasteiger partial charge in [0.2, 0.25) is 14.3 Å². The predicted octanol–water partition coefficient (Wildman–Crippen LogP) is 4.34. The fourth-order valence-corrected chi connectivity index (χ4v) is 9.50. The Hall–Kier alpha value is -2.79. The number of benzene rings is 2. The summed E-state index contributed by atoms with van der Waals surface area (Å²) in [5.74, 6) is -0.165. The Bertz CT molecular complexity index is 1260. The van der Waals surface area contributed by atoms with Crippen LogP contribution in [-0.2, 0) is 26.5 Å². The summed E-state index contributed by atoms with van der Waals surface area (Å²) in [7, 11) is -1.70. The highest BCUT2D eigenvalue weighted by molar-refractivity contribution is 6.72. The maximum absolute atomic E-state index is 15.7. The lowest BCUT2D eigenvalue weighted by molar-refractivity contribution is -0.146. The molecule has 3 N–H and O–H groups in total. The summed E-state index contributed by atoms with van der Waals surface area (Å²) in [4.78, 5) is 28.9. The number of amides is 2. The Labute approximate surface area is 236 Å². The molecule has 2 fully saturated rings. The van der Waals surface area contributed by atoms with E-state index in [2.05, 4.69) is 10.6 Å². The summed E-state index contributed by atoms with van der Waals surface area (Å²) in [6.45, 7) is 6.92. The third kappa shape index (κ3) is 5.06. The van der Waals surface area contributed by atoms with Crippen LogP contribution in [0.1, 0.15) is 37.3 Å². The second-order valence-electron chi connectivity index (χ2n) is 11.8. The zero-order chi connectivity index (χ0) is 28.7. The molecule has 3 heterocycles. The van der Waals surface area contributed by atoms with Crippen LogP contribution in [0.15, 0.2) is 42.5 Å². The van der Waals surface area contributed by atoms with Gasteiger partial charge in [-0.1, -0.05) is 19.1 Å². The fraction of sp³-hybridized carbons (Fsp3) is 0.533. The van der Waals surface area contributed by atoms with Gasteiger partial charge in [0.15, 0.2) is 5.60 Å². The van der Waals surface area contributed by atoms with E-state index >= 15 is 4.11 Å². The van der Waals surface area contributed by atoms with E-state index < -0.39 is 31.6 Å². The molecule has 3 aliphatic rings. The molecule has 1 unspecified atom stereocenters. The molecule has 0 saturated carbocycles. The van der Waals surface area contributed by atoms with Gasteiger partial charge in [0.1, 0.15) is 5.75 Å². The highest BCUT2D eigenvalue weighted by Gasteiger charge is 2.66. The van der Waals surface area contributed by atoms with Crippen molar-refractivity contribution in [2.75, 3.05) is 37.0 Å². The average Bonchev–Trinajstić information content (AvgIpc) is 3.36. The molecule has 0 aromatic heterocycles. The molecule has 40 heavy (non-hydrogen) atoms. The van der Waals surface area contributed by atoms with Crippen molar-refractivity contribution in [3.8, 4) is 5.75 Å². The minimum atomic E-state index is -3.27. The van der Waals surface area contributed by atoms with Crippen LogP contribution in [-0.4, -0.2) is 58.2 Å². The van der Waals surface area contributed by atoms with Crippen LogP contribution in [0.3, 0.4) is 0 Å². The normalized spacial score (nSPS) is 28.1. The van der Waals surface area contributed by atoms with E-state index in [1.165, 1.54) is 0 Å². The number of carbonyl (C=O) groups is 2.